The number of nitrogens with one attached hydrogen (secondary N) is 1. The van der Waals surface area contributed by atoms with Gasteiger partial charge in [0.1, 0.15) is 6.04 Å². The second-order valence-electron chi connectivity index (χ2n) is 6.72. The van der Waals surface area contributed by atoms with E-state index in [9.17, 15) is 13.2 Å². The van der Waals surface area contributed by atoms with E-state index in [2.05, 4.69) is 11.4 Å². The number of amides is 1. The van der Waals surface area contributed by atoms with Crippen LogP contribution in [0.1, 0.15) is 44.6 Å². The lowest BCUT2D eigenvalue weighted by atomic mass is 9.97. The number of rotatable bonds is 7. The lowest BCUT2D eigenvalue weighted by Crippen LogP contribution is -2.48. The van der Waals surface area contributed by atoms with Crippen LogP contribution in [0, 0.1) is 6.92 Å². The van der Waals surface area contributed by atoms with Gasteiger partial charge in [0.25, 0.3) is 0 Å². The van der Waals surface area contributed by atoms with E-state index in [-0.39, 0.29) is 5.91 Å². The third-order valence-electron chi connectivity index (χ3n) is 4.48. The summed E-state index contributed by atoms with van der Waals surface area (Å²) < 4.78 is 25.7. The van der Waals surface area contributed by atoms with Crippen LogP contribution >= 0.6 is 0 Å². The molecule has 1 aliphatic carbocycles. The van der Waals surface area contributed by atoms with Crippen molar-refractivity contribution in [1.29, 1.82) is 0 Å². The summed E-state index contributed by atoms with van der Waals surface area (Å²) in [5, 5.41) is 2.88. The van der Waals surface area contributed by atoms with Gasteiger partial charge in [-0.1, -0.05) is 23.8 Å². The molecule has 1 amide bonds. The first-order chi connectivity index (χ1) is 11.8. The van der Waals surface area contributed by atoms with E-state index in [1.54, 1.807) is 25.1 Å². The van der Waals surface area contributed by atoms with Crippen LogP contribution in [0.4, 0.5) is 5.69 Å². The first-order valence-electron chi connectivity index (χ1n) is 8.81. The van der Waals surface area contributed by atoms with E-state index >= 15 is 0 Å². The molecule has 2 rings (SSSR count). The van der Waals surface area contributed by atoms with Crippen molar-refractivity contribution in [2.24, 2.45) is 0 Å². The fourth-order valence-corrected chi connectivity index (χ4v) is 4.37. The molecule has 0 aromatic heterocycles. The van der Waals surface area contributed by atoms with Gasteiger partial charge < -0.3 is 5.32 Å². The second kappa shape index (κ2) is 8.52. The molecule has 1 atom stereocenters. The van der Waals surface area contributed by atoms with E-state index in [0.717, 1.165) is 31.1 Å². The summed E-state index contributed by atoms with van der Waals surface area (Å²) in [5.74, 6) is -0.275. The molecule has 0 saturated heterocycles. The Labute approximate surface area is 151 Å². The molecule has 0 heterocycles. The van der Waals surface area contributed by atoms with Crippen molar-refractivity contribution in [3.05, 3.63) is 41.5 Å². The molecule has 0 aliphatic heterocycles. The molecular formula is C19H28N2O3S. The third kappa shape index (κ3) is 5.59. The van der Waals surface area contributed by atoms with Crippen molar-refractivity contribution in [3.63, 3.8) is 0 Å². The number of benzene rings is 1. The molecule has 0 spiro atoms. The lowest BCUT2D eigenvalue weighted by molar-refractivity contribution is -0.121. The number of carbonyl (C=O) groups excluding carboxylic acids is 1. The summed E-state index contributed by atoms with van der Waals surface area (Å²) in [6.07, 6.45) is 8.90. The summed E-state index contributed by atoms with van der Waals surface area (Å²) in [6, 6.07) is 6.38. The Bertz CT molecular complexity index is 741. The highest BCUT2D eigenvalue weighted by molar-refractivity contribution is 7.92. The molecule has 0 saturated carbocycles. The number of hydrogen-bond acceptors (Lipinski definition) is 3. The molecule has 5 nitrogen and oxygen atoms in total. The van der Waals surface area contributed by atoms with Crippen LogP contribution in [0.15, 0.2) is 35.9 Å². The Morgan fingerprint density at radius 3 is 2.68 bits per heavy atom. The van der Waals surface area contributed by atoms with Gasteiger partial charge in [-0.25, -0.2) is 8.42 Å². The quantitative estimate of drug-likeness (QED) is 0.756. The van der Waals surface area contributed by atoms with Crippen molar-refractivity contribution in [3.8, 4) is 0 Å². The van der Waals surface area contributed by atoms with E-state index in [1.807, 2.05) is 13.0 Å². The van der Waals surface area contributed by atoms with Crippen LogP contribution in [-0.2, 0) is 14.8 Å². The Kier molecular flexibility index (Phi) is 6.64. The van der Waals surface area contributed by atoms with Crippen LogP contribution < -0.4 is 9.62 Å². The minimum Gasteiger partial charge on any atom is -0.354 e. The van der Waals surface area contributed by atoms with Crippen molar-refractivity contribution < 1.29 is 13.2 Å². The van der Waals surface area contributed by atoms with E-state index in [1.165, 1.54) is 22.7 Å². The maximum absolute atomic E-state index is 12.5. The molecule has 25 heavy (non-hydrogen) atoms. The molecule has 0 fully saturated rings. The maximum atomic E-state index is 12.5. The average molecular weight is 365 g/mol. The van der Waals surface area contributed by atoms with E-state index < -0.39 is 16.1 Å². The number of carbonyl (C=O) groups is 1. The lowest BCUT2D eigenvalue weighted by Gasteiger charge is -2.28. The smallest absolute Gasteiger partial charge is 0.243 e. The van der Waals surface area contributed by atoms with Gasteiger partial charge in [0, 0.05) is 6.54 Å². The normalized spacial score (nSPS) is 16.0. The molecule has 138 valence electrons. The van der Waals surface area contributed by atoms with Crippen LogP contribution in [0.2, 0.25) is 0 Å². The Morgan fingerprint density at radius 1 is 1.32 bits per heavy atom. The largest absolute Gasteiger partial charge is 0.354 e. The molecule has 1 unspecified atom stereocenters. The van der Waals surface area contributed by atoms with Crippen molar-refractivity contribution in [2.75, 3.05) is 17.1 Å². The minimum absolute atomic E-state index is 0.275. The van der Waals surface area contributed by atoms with Gasteiger partial charge in [0.05, 0.1) is 11.9 Å². The van der Waals surface area contributed by atoms with Gasteiger partial charge >= 0.3 is 0 Å². The van der Waals surface area contributed by atoms with Crippen molar-refractivity contribution in [1.82, 2.24) is 5.32 Å². The Hall–Kier alpha value is -1.82. The molecule has 1 N–H and O–H groups in total. The number of aryl methyl sites for hydroxylation is 1. The first-order valence-corrected chi connectivity index (χ1v) is 10.7. The molecule has 0 radical (unpaired) electrons. The predicted molar refractivity (Wildman–Crippen MR) is 102 cm³/mol. The van der Waals surface area contributed by atoms with E-state index in [4.69, 9.17) is 0 Å². The van der Waals surface area contributed by atoms with Crippen LogP contribution in [0.3, 0.4) is 0 Å². The molecular weight excluding hydrogens is 336 g/mol. The molecule has 0 bridgehead atoms. The number of sulfonamides is 1. The van der Waals surface area contributed by atoms with E-state index in [0.29, 0.717) is 12.2 Å². The van der Waals surface area contributed by atoms with Gasteiger partial charge in [0.2, 0.25) is 15.9 Å². The van der Waals surface area contributed by atoms with Crippen LogP contribution in [-0.4, -0.2) is 33.2 Å². The molecule has 1 aliphatic rings. The minimum atomic E-state index is -3.56. The SMILES string of the molecule is Cc1cccc(N(C(C)C(=O)NCCC2=CCCCC2)S(C)(=O)=O)c1. The molecule has 1 aromatic carbocycles. The number of allylic oxidation sites excluding steroid dienone is 1. The van der Waals surface area contributed by atoms with Crippen LogP contribution in [0.25, 0.3) is 0 Å². The van der Waals surface area contributed by atoms with Gasteiger partial charge in [-0.3, -0.25) is 9.10 Å². The number of anilines is 1. The van der Waals surface area contributed by atoms with Crippen molar-refractivity contribution >= 4 is 21.6 Å². The predicted octanol–water partition coefficient (Wildman–Crippen LogP) is 3.16. The maximum Gasteiger partial charge on any atom is 0.243 e. The fraction of sp³-hybridized carbons (Fsp3) is 0.526. The zero-order chi connectivity index (χ0) is 18.4. The highest BCUT2D eigenvalue weighted by atomic mass is 32.2. The van der Waals surface area contributed by atoms with Gasteiger partial charge in [-0.05, 0) is 63.6 Å². The van der Waals surface area contributed by atoms with Gasteiger partial charge in [-0.2, -0.15) is 0 Å². The average Bonchev–Trinajstić information content (AvgIpc) is 2.54. The third-order valence-corrected chi connectivity index (χ3v) is 5.72. The molecule has 1 aromatic rings. The highest BCUT2D eigenvalue weighted by Crippen LogP contribution is 2.22. The second-order valence-corrected chi connectivity index (χ2v) is 8.58. The number of hydrogen-bond donors (Lipinski definition) is 1. The summed E-state index contributed by atoms with van der Waals surface area (Å²) in [4.78, 5) is 12.5. The Morgan fingerprint density at radius 2 is 2.08 bits per heavy atom. The fourth-order valence-electron chi connectivity index (χ4n) is 3.20. The summed E-state index contributed by atoms with van der Waals surface area (Å²) in [6.45, 7) is 4.06. The van der Waals surface area contributed by atoms with Crippen LogP contribution in [0.5, 0.6) is 0 Å². The van der Waals surface area contributed by atoms with Gasteiger partial charge in [0.15, 0.2) is 0 Å². The summed E-state index contributed by atoms with van der Waals surface area (Å²) >= 11 is 0. The first kappa shape index (κ1) is 19.5. The summed E-state index contributed by atoms with van der Waals surface area (Å²) in [7, 11) is -3.56. The zero-order valence-electron chi connectivity index (χ0n) is 15.3. The zero-order valence-corrected chi connectivity index (χ0v) is 16.1. The standard InChI is InChI=1S/C19H28N2O3S/c1-15-8-7-11-18(14-15)21(25(3,23)24)16(2)19(22)20-13-12-17-9-5-4-6-10-17/h7-9,11,14,16H,4-6,10,12-13H2,1-3H3,(H,20,22). The summed E-state index contributed by atoms with van der Waals surface area (Å²) in [5.41, 5.74) is 2.85. The monoisotopic (exact) mass is 364 g/mol. The number of nitrogens with zero attached hydrogens (tertiary/aromatic N) is 1. The Balaban J connectivity index is 2.04. The van der Waals surface area contributed by atoms with Crippen molar-refractivity contribution in [2.45, 2.75) is 52.0 Å². The van der Waals surface area contributed by atoms with Gasteiger partial charge in [-0.15, -0.1) is 0 Å². The topological polar surface area (TPSA) is 66.5 Å². The molecule has 6 heteroatoms. The highest BCUT2D eigenvalue weighted by Gasteiger charge is 2.28.